The maximum absolute atomic E-state index is 13.6. The van der Waals surface area contributed by atoms with Gasteiger partial charge in [0.2, 0.25) is 0 Å². The SMILES string of the molecule is COc1cccc(CNC2CCc3c(sc4ncn(Cc5cccc(F)c5)c(=O)c34)C2)c1OC. The van der Waals surface area contributed by atoms with Gasteiger partial charge in [0.25, 0.3) is 5.56 Å². The zero-order valence-corrected chi connectivity index (χ0v) is 20.0. The number of ether oxygens (including phenoxy) is 2. The smallest absolute Gasteiger partial charge is 0.262 e. The molecular weight excluding hydrogens is 453 g/mol. The Balaban J connectivity index is 1.35. The van der Waals surface area contributed by atoms with Crippen LogP contribution in [0.5, 0.6) is 11.5 Å². The van der Waals surface area contributed by atoms with Crippen LogP contribution in [0.3, 0.4) is 0 Å². The Morgan fingerprint density at radius 1 is 1.21 bits per heavy atom. The quantitative estimate of drug-likeness (QED) is 0.428. The lowest BCUT2D eigenvalue weighted by atomic mass is 9.93. The van der Waals surface area contributed by atoms with E-state index in [0.29, 0.717) is 24.5 Å². The molecule has 4 aromatic rings. The first-order valence-corrected chi connectivity index (χ1v) is 12.1. The summed E-state index contributed by atoms with van der Waals surface area (Å²) in [6, 6.07) is 12.5. The summed E-state index contributed by atoms with van der Waals surface area (Å²) in [7, 11) is 3.29. The number of fused-ring (bicyclic) bond motifs is 3. The van der Waals surface area contributed by atoms with Crippen molar-refractivity contribution < 1.29 is 13.9 Å². The molecule has 0 bridgehead atoms. The van der Waals surface area contributed by atoms with Crippen molar-refractivity contribution in [3.05, 3.63) is 86.5 Å². The number of para-hydroxylation sites is 1. The minimum atomic E-state index is -0.308. The molecule has 0 amide bonds. The Hall–Kier alpha value is -3.23. The molecule has 34 heavy (non-hydrogen) atoms. The number of methoxy groups -OCH3 is 2. The summed E-state index contributed by atoms with van der Waals surface area (Å²) in [6.07, 6.45) is 4.18. The summed E-state index contributed by atoms with van der Waals surface area (Å²) in [4.78, 5) is 19.8. The van der Waals surface area contributed by atoms with Gasteiger partial charge in [0.1, 0.15) is 10.6 Å². The maximum Gasteiger partial charge on any atom is 0.262 e. The average Bonchev–Trinajstić information content (AvgIpc) is 3.22. The van der Waals surface area contributed by atoms with Gasteiger partial charge in [0.15, 0.2) is 11.5 Å². The predicted octanol–water partition coefficient (Wildman–Crippen LogP) is 4.31. The molecule has 2 aromatic heterocycles. The summed E-state index contributed by atoms with van der Waals surface area (Å²) in [5.41, 5.74) is 2.85. The minimum absolute atomic E-state index is 0.0562. The Kier molecular flexibility index (Phi) is 6.34. The third kappa shape index (κ3) is 4.31. The molecule has 1 aliphatic rings. The van der Waals surface area contributed by atoms with E-state index in [0.717, 1.165) is 52.3 Å². The first-order valence-electron chi connectivity index (χ1n) is 11.2. The predicted molar refractivity (Wildman–Crippen MR) is 132 cm³/mol. The number of thiophene rings is 1. The molecule has 0 saturated carbocycles. The summed E-state index contributed by atoms with van der Waals surface area (Å²) in [6.45, 7) is 0.973. The van der Waals surface area contributed by atoms with Crippen LogP contribution < -0.4 is 20.3 Å². The van der Waals surface area contributed by atoms with Crippen LogP contribution in [0.1, 0.15) is 28.0 Å². The van der Waals surface area contributed by atoms with E-state index in [1.807, 2.05) is 24.3 Å². The standard InChI is InChI=1S/C26H26FN3O3S/c1-32-21-8-4-6-17(24(21)33-2)13-28-19-9-10-20-22(12-19)34-25-23(20)26(31)30(15-29-25)14-16-5-3-7-18(27)11-16/h3-8,11,15,19,28H,9-10,12-14H2,1-2H3. The van der Waals surface area contributed by atoms with Gasteiger partial charge in [-0.15, -0.1) is 11.3 Å². The minimum Gasteiger partial charge on any atom is -0.493 e. The zero-order chi connectivity index (χ0) is 23.7. The molecule has 2 aromatic carbocycles. The van der Waals surface area contributed by atoms with Crippen LogP contribution in [0.25, 0.3) is 10.2 Å². The van der Waals surface area contributed by atoms with Crippen LogP contribution in [-0.2, 0) is 25.9 Å². The highest BCUT2D eigenvalue weighted by Gasteiger charge is 2.25. The van der Waals surface area contributed by atoms with E-state index in [1.165, 1.54) is 17.0 Å². The number of rotatable bonds is 7. The van der Waals surface area contributed by atoms with Gasteiger partial charge in [0, 0.05) is 23.0 Å². The van der Waals surface area contributed by atoms with Gasteiger partial charge in [0.05, 0.1) is 32.5 Å². The van der Waals surface area contributed by atoms with Crippen molar-refractivity contribution in [3.63, 3.8) is 0 Å². The molecule has 0 radical (unpaired) electrons. The number of aromatic nitrogens is 2. The van der Waals surface area contributed by atoms with E-state index in [1.54, 1.807) is 42.5 Å². The third-order valence-corrected chi connectivity index (χ3v) is 7.51. The van der Waals surface area contributed by atoms with E-state index >= 15 is 0 Å². The highest BCUT2D eigenvalue weighted by Crippen LogP contribution is 2.34. The van der Waals surface area contributed by atoms with Crippen molar-refractivity contribution in [1.29, 1.82) is 0 Å². The van der Waals surface area contributed by atoms with E-state index in [4.69, 9.17) is 9.47 Å². The molecule has 1 atom stereocenters. The fourth-order valence-corrected chi connectivity index (χ4v) is 5.92. The van der Waals surface area contributed by atoms with Crippen molar-refractivity contribution in [1.82, 2.24) is 14.9 Å². The number of benzene rings is 2. The maximum atomic E-state index is 13.6. The lowest BCUT2D eigenvalue weighted by molar-refractivity contribution is 0.349. The largest absolute Gasteiger partial charge is 0.493 e. The van der Waals surface area contributed by atoms with Gasteiger partial charge >= 0.3 is 0 Å². The van der Waals surface area contributed by atoms with E-state index in [2.05, 4.69) is 10.3 Å². The molecule has 1 unspecified atom stereocenters. The average molecular weight is 480 g/mol. The molecule has 0 aliphatic heterocycles. The van der Waals surface area contributed by atoms with Gasteiger partial charge < -0.3 is 14.8 Å². The number of halogens is 1. The van der Waals surface area contributed by atoms with Crippen molar-refractivity contribution in [2.45, 2.75) is 38.4 Å². The highest BCUT2D eigenvalue weighted by atomic mass is 32.1. The molecular formula is C26H26FN3O3S. The molecule has 8 heteroatoms. The summed E-state index contributed by atoms with van der Waals surface area (Å²) < 4.78 is 26.1. The first kappa shape index (κ1) is 22.6. The van der Waals surface area contributed by atoms with E-state index in [-0.39, 0.29) is 11.4 Å². The second-order valence-electron chi connectivity index (χ2n) is 8.46. The molecule has 0 spiro atoms. The van der Waals surface area contributed by atoms with Crippen molar-refractivity contribution >= 4 is 21.6 Å². The molecule has 176 valence electrons. The van der Waals surface area contributed by atoms with Crippen molar-refractivity contribution in [2.24, 2.45) is 0 Å². The van der Waals surface area contributed by atoms with Gasteiger partial charge in [-0.25, -0.2) is 9.37 Å². The third-order valence-electron chi connectivity index (χ3n) is 6.34. The topological polar surface area (TPSA) is 65.4 Å². The first-order chi connectivity index (χ1) is 16.6. The van der Waals surface area contributed by atoms with Gasteiger partial charge in [-0.3, -0.25) is 9.36 Å². The van der Waals surface area contributed by atoms with Crippen LogP contribution in [-0.4, -0.2) is 29.8 Å². The number of nitrogens with one attached hydrogen (secondary N) is 1. The lowest BCUT2D eigenvalue weighted by Crippen LogP contribution is -2.34. The van der Waals surface area contributed by atoms with Crippen molar-refractivity contribution in [3.8, 4) is 11.5 Å². The summed E-state index contributed by atoms with van der Waals surface area (Å²) in [5.74, 6) is 1.16. The molecule has 1 N–H and O–H groups in total. The molecule has 1 aliphatic carbocycles. The number of hydrogen-bond donors (Lipinski definition) is 1. The van der Waals surface area contributed by atoms with E-state index in [9.17, 15) is 9.18 Å². The number of aryl methyl sites for hydroxylation is 1. The molecule has 2 heterocycles. The fourth-order valence-electron chi connectivity index (χ4n) is 4.67. The second kappa shape index (κ2) is 9.56. The Morgan fingerprint density at radius 3 is 2.85 bits per heavy atom. The van der Waals surface area contributed by atoms with Crippen LogP contribution >= 0.6 is 11.3 Å². The van der Waals surface area contributed by atoms with Crippen molar-refractivity contribution in [2.75, 3.05) is 14.2 Å². The summed E-state index contributed by atoms with van der Waals surface area (Å²) >= 11 is 1.60. The van der Waals surface area contributed by atoms with Gasteiger partial charge in [-0.05, 0) is 48.6 Å². The highest BCUT2D eigenvalue weighted by molar-refractivity contribution is 7.18. The second-order valence-corrected chi connectivity index (χ2v) is 9.55. The normalized spacial score (nSPS) is 15.3. The Labute approximate surface area is 201 Å². The van der Waals surface area contributed by atoms with Crippen LogP contribution in [0.15, 0.2) is 53.6 Å². The Bertz CT molecular complexity index is 1400. The monoisotopic (exact) mass is 479 g/mol. The number of nitrogens with zero attached hydrogens (tertiary/aromatic N) is 2. The van der Waals surface area contributed by atoms with E-state index < -0.39 is 0 Å². The zero-order valence-electron chi connectivity index (χ0n) is 19.1. The van der Waals surface area contributed by atoms with Crippen LogP contribution in [0, 0.1) is 5.82 Å². The van der Waals surface area contributed by atoms with Gasteiger partial charge in [-0.2, -0.15) is 0 Å². The molecule has 6 nitrogen and oxygen atoms in total. The lowest BCUT2D eigenvalue weighted by Gasteiger charge is -2.24. The van der Waals surface area contributed by atoms with Crippen LogP contribution in [0.4, 0.5) is 4.39 Å². The molecule has 5 rings (SSSR count). The molecule has 0 saturated heterocycles. The molecule has 0 fully saturated rings. The number of hydrogen-bond acceptors (Lipinski definition) is 6. The van der Waals surface area contributed by atoms with Crippen LogP contribution in [0.2, 0.25) is 0 Å². The van der Waals surface area contributed by atoms with Gasteiger partial charge in [-0.1, -0.05) is 24.3 Å². The fraction of sp³-hybridized carbons (Fsp3) is 0.308. The summed E-state index contributed by atoms with van der Waals surface area (Å²) in [5, 5.41) is 4.36. The Morgan fingerprint density at radius 2 is 2.06 bits per heavy atom.